The second-order valence-corrected chi connectivity index (χ2v) is 6.94. The van der Waals surface area contributed by atoms with Crippen molar-refractivity contribution >= 4 is 16.9 Å². The number of benzene rings is 2. The van der Waals surface area contributed by atoms with E-state index in [0.717, 1.165) is 41.3 Å². The molecule has 0 radical (unpaired) electrons. The number of aromatic nitrogens is 3. The molecule has 2 heterocycles. The van der Waals surface area contributed by atoms with Gasteiger partial charge in [-0.15, -0.1) is 0 Å². The molecule has 4 rings (SSSR count). The van der Waals surface area contributed by atoms with Crippen LogP contribution in [0, 0.1) is 0 Å². The second-order valence-electron chi connectivity index (χ2n) is 6.94. The number of carbonyl (C=O) groups excluding carboxylic acids is 1. The topological polar surface area (TPSA) is 78.3 Å². The van der Waals surface area contributed by atoms with Crippen molar-refractivity contribution in [2.45, 2.75) is 19.5 Å². The normalized spacial score (nSPS) is 10.7. The number of hydrogen-bond acceptors (Lipinski definition) is 5. The van der Waals surface area contributed by atoms with Crippen molar-refractivity contribution in [2.75, 3.05) is 13.7 Å². The summed E-state index contributed by atoms with van der Waals surface area (Å²) in [5.74, 6) is 2.19. The SMILES string of the molecule is COc1ccc(OCCCn2c(CNC(=O)c3ccccn3)nc3ccccc32)cc1. The maximum atomic E-state index is 12.4. The molecular formula is C24H24N4O3. The maximum Gasteiger partial charge on any atom is 0.270 e. The van der Waals surface area contributed by atoms with Crippen LogP contribution in [0.3, 0.4) is 0 Å². The van der Waals surface area contributed by atoms with Crippen molar-refractivity contribution in [2.24, 2.45) is 0 Å². The molecule has 4 aromatic rings. The number of hydrogen-bond donors (Lipinski definition) is 1. The molecular weight excluding hydrogens is 392 g/mol. The summed E-state index contributed by atoms with van der Waals surface area (Å²) < 4.78 is 13.1. The number of amides is 1. The predicted molar refractivity (Wildman–Crippen MR) is 118 cm³/mol. The number of imidazole rings is 1. The molecule has 0 aliphatic heterocycles. The average molecular weight is 416 g/mol. The van der Waals surface area contributed by atoms with Gasteiger partial charge in [0.25, 0.3) is 5.91 Å². The lowest BCUT2D eigenvalue weighted by Gasteiger charge is -2.11. The number of pyridine rings is 1. The number of ether oxygens (including phenoxy) is 2. The fraction of sp³-hybridized carbons (Fsp3) is 0.208. The largest absolute Gasteiger partial charge is 0.497 e. The van der Waals surface area contributed by atoms with Crippen molar-refractivity contribution in [3.8, 4) is 11.5 Å². The van der Waals surface area contributed by atoms with Gasteiger partial charge in [0.15, 0.2) is 0 Å². The Morgan fingerprint density at radius 2 is 1.77 bits per heavy atom. The molecule has 1 N–H and O–H groups in total. The van der Waals surface area contributed by atoms with Gasteiger partial charge in [0.05, 0.1) is 31.3 Å². The Hall–Kier alpha value is -3.87. The lowest BCUT2D eigenvalue weighted by molar-refractivity contribution is 0.0944. The zero-order valence-corrected chi connectivity index (χ0v) is 17.3. The number of rotatable bonds is 9. The van der Waals surface area contributed by atoms with Crippen molar-refractivity contribution in [3.05, 3.63) is 84.4 Å². The standard InChI is InChI=1S/C24H24N4O3/c1-30-18-10-12-19(13-11-18)31-16-6-15-28-22-9-3-2-7-20(22)27-23(28)17-26-24(29)21-8-4-5-14-25-21/h2-5,7-14H,6,15-17H2,1H3,(H,26,29). The third-order valence-electron chi connectivity index (χ3n) is 4.89. The summed E-state index contributed by atoms with van der Waals surface area (Å²) in [7, 11) is 1.64. The van der Waals surface area contributed by atoms with Gasteiger partial charge in [-0.25, -0.2) is 4.98 Å². The second kappa shape index (κ2) is 9.75. The molecule has 0 spiro atoms. The fourth-order valence-corrected chi connectivity index (χ4v) is 3.34. The van der Waals surface area contributed by atoms with Crippen LogP contribution >= 0.6 is 0 Å². The summed E-state index contributed by atoms with van der Waals surface area (Å²) in [6.45, 7) is 1.62. The molecule has 7 heteroatoms. The summed E-state index contributed by atoms with van der Waals surface area (Å²) in [6, 6.07) is 20.8. The van der Waals surface area contributed by atoms with Gasteiger partial charge in [0.2, 0.25) is 0 Å². The Bertz CT molecular complexity index is 1140. The molecule has 2 aromatic heterocycles. The van der Waals surface area contributed by atoms with E-state index >= 15 is 0 Å². The first-order valence-electron chi connectivity index (χ1n) is 10.1. The highest BCUT2D eigenvalue weighted by Gasteiger charge is 2.13. The summed E-state index contributed by atoms with van der Waals surface area (Å²) in [5, 5.41) is 2.92. The number of para-hydroxylation sites is 2. The van der Waals surface area contributed by atoms with E-state index < -0.39 is 0 Å². The van der Waals surface area contributed by atoms with Crippen LogP contribution in [0.2, 0.25) is 0 Å². The van der Waals surface area contributed by atoms with E-state index in [9.17, 15) is 4.79 Å². The predicted octanol–water partition coefficient (Wildman–Crippen LogP) is 3.84. The Morgan fingerprint density at radius 3 is 2.55 bits per heavy atom. The van der Waals surface area contributed by atoms with Crippen LogP contribution in [-0.2, 0) is 13.1 Å². The third kappa shape index (κ3) is 5.01. The molecule has 0 unspecified atom stereocenters. The summed E-state index contributed by atoms with van der Waals surface area (Å²) >= 11 is 0. The zero-order valence-electron chi connectivity index (χ0n) is 17.3. The van der Waals surface area contributed by atoms with E-state index in [-0.39, 0.29) is 5.91 Å². The Morgan fingerprint density at radius 1 is 1.00 bits per heavy atom. The molecule has 0 atom stereocenters. The van der Waals surface area contributed by atoms with Crippen molar-refractivity contribution in [1.82, 2.24) is 19.9 Å². The fourth-order valence-electron chi connectivity index (χ4n) is 3.34. The van der Waals surface area contributed by atoms with Crippen LogP contribution in [0.4, 0.5) is 0 Å². The molecule has 158 valence electrons. The molecule has 1 amide bonds. The van der Waals surface area contributed by atoms with Gasteiger partial charge in [0, 0.05) is 12.7 Å². The summed E-state index contributed by atoms with van der Waals surface area (Å²) in [4.78, 5) is 21.2. The highest BCUT2D eigenvalue weighted by Crippen LogP contribution is 2.19. The van der Waals surface area contributed by atoms with Gasteiger partial charge < -0.3 is 19.4 Å². The maximum absolute atomic E-state index is 12.4. The summed E-state index contributed by atoms with van der Waals surface area (Å²) in [5.41, 5.74) is 2.33. The van der Waals surface area contributed by atoms with Crippen molar-refractivity contribution < 1.29 is 14.3 Å². The van der Waals surface area contributed by atoms with Crippen LogP contribution < -0.4 is 14.8 Å². The van der Waals surface area contributed by atoms with Gasteiger partial charge in [-0.1, -0.05) is 18.2 Å². The summed E-state index contributed by atoms with van der Waals surface area (Å²) in [6.07, 6.45) is 2.40. The molecule has 0 bridgehead atoms. The minimum Gasteiger partial charge on any atom is -0.497 e. The lowest BCUT2D eigenvalue weighted by Crippen LogP contribution is -2.25. The average Bonchev–Trinajstić information content (AvgIpc) is 3.18. The van der Waals surface area contributed by atoms with E-state index in [1.54, 1.807) is 31.5 Å². The molecule has 7 nitrogen and oxygen atoms in total. The molecule has 0 fully saturated rings. The number of nitrogens with one attached hydrogen (secondary N) is 1. The van der Waals surface area contributed by atoms with Crippen LogP contribution in [-0.4, -0.2) is 34.2 Å². The van der Waals surface area contributed by atoms with E-state index in [4.69, 9.17) is 14.5 Å². The van der Waals surface area contributed by atoms with Gasteiger partial charge in [-0.2, -0.15) is 0 Å². The van der Waals surface area contributed by atoms with Crippen molar-refractivity contribution in [1.29, 1.82) is 0 Å². The Labute approximate surface area is 180 Å². The number of aryl methyl sites for hydroxylation is 1. The first-order valence-corrected chi connectivity index (χ1v) is 10.1. The van der Waals surface area contributed by atoms with E-state index in [1.807, 2.05) is 48.5 Å². The Kier molecular flexibility index (Phi) is 6.42. The highest BCUT2D eigenvalue weighted by atomic mass is 16.5. The third-order valence-corrected chi connectivity index (χ3v) is 4.89. The number of methoxy groups -OCH3 is 1. The minimum absolute atomic E-state index is 0.220. The molecule has 0 saturated carbocycles. The molecule has 0 aliphatic rings. The lowest BCUT2D eigenvalue weighted by atomic mass is 10.3. The molecule has 0 saturated heterocycles. The van der Waals surface area contributed by atoms with Crippen molar-refractivity contribution in [3.63, 3.8) is 0 Å². The number of carbonyl (C=O) groups is 1. The Balaban J connectivity index is 1.40. The smallest absolute Gasteiger partial charge is 0.270 e. The minimum atomic E-state index is -0.220. The first-order chi connectivity index (χ1) is 15.2. The monoisotopic (exact) mass is 416 g/mol. The van der Waals surface area contributed by atoms with Gasteiger partial charge in [-0.3, -0.25) is 9.78 Å². The van der Waals surface area contributed by atoms with Gasteiger partial charge in [-0.05, 0) is 55.0 Å². The van der Waals surface area contributed by atoms with Crippen LogP contribution in [0.1, 0.15) is 22.7 Å². The molecule has 2 aromatic carbocycles. The number of fused-ring (bicyclic) bond motifs is 1. The number of nitrogens with zero attached hydrogens (tertiary/aromatic N) is 3. The van der Waals surface area contributed by atoms with Crippen LogP contribution in [0.15, 0.2) is 72.9 Å². The molecule has 0 aliphatic carbocycles. The molecule has 31 heavy (non-hydrogen) atoms. The van der Waals surface area contributed by atoms with Crippen LogP contribution in [0.25, 0.3) is 11.0 Å². The van der Waals surface area contributed by atoms with Gasteiger partial charge in [0.1, 0.15) is 23.0 Å². The van der Waals surface area contributed by atoms with Gasteiger partial charge >= 0.3 is 0 Å². The highest BCUT2D eigenvalue weighted by molar-refractivity contribution is 5.92. The van der Waals surface area contributed by atoms with Crippen LogP contribution in [0.5, 0.6) is 11.5 Å². The van der Waals surface area contributed by atoms with E-state index in [1.165, 1.54) is 0 Å². The quantitative estimate of drug-likeness (QED) is 0.420. The first kappa shape index (κ1) is 20.4. The van der Waals surface area contributed by atoms with E-state index in [0.29, 0.717) is 18.8 Å². The zero-order chi connectivity index (χ0) is 21.5. The van der Waals surface area contributed by atoms with E-state index in [2.05, 4.69) is 14.9 Å².